The van der Waals surface area contributed by atoms with Crippen LogP contribution in [0.25, 0.3) is 0 Å². The molecule has 0 amide bonds. The van der Waals surface area contributed by atoms with Gasteiger partial charge >= 0.3 is 0 Å². The van der Waals surface area contributed by atoms with Crippen molar-refractivity contribution >= 4 is 11.6 Å². The number of carbonyl (C=O) groups excluding carboxylic acids is 2. The molecule has 0 aromatic carbocycles. The summed E-state index contributed by atoms with van der Waals surface area (Å²) in [6, 6.07) is 0. The van der Waals surface area contributed by atoms with Crippen molar-refractivity contribution < 1.29 is 9.59 Å². The van der Waals surface area contributed by atoms with Crippen LogP contribution < -0.4 is 0 Å². The van der Waals surface area contributed by atoms with Crippen LogP contribution in [0.4, 0.5) is 0 Å². The first-order valence-corrected chi connectivity index (χ1v) is 9.18. The lowest BCUT2D eigenvalue weighted by Crippen LogP contribution is -2.56. The van der Waals surface area contributed by atoms with Gasteiger partial charge in [0.25, 0.3) is 0 Å². The van der Waals surface area contributed by atoms with E-state index in [0.717, 1.165) is 44.1 Å². The fraction of sp³-hybridized carbons (Fsp3) is 0.714. The Morgan fingerprint density at radius 1 is 1.00 bits per heavy atom. The molecule has 124 valence electrons. The van der Waals surface area contributed by atoms with Crippen molar-refractivity contribution in [1.82, 2.24) is 0 Å². The summed E-state index contributed by atoms with van der Waals surface area (Å²) in [5, 5.41) is 0. The van der Waals surface area contributed by atoms with E-state index in [0.29, 0.717) is 24.0 Å². The molecule has 0 saturated heterocycles. The summed E-state index contributed by atoms with van der Waals surface area (Å²) in [6.07, 6.45) is 8.41. The summed E-state index contributed by atoms with van der Waals surface area (Å²) in [7, 11) is 0. The molecular formula is C21H28O2. The number of Topliss-reactive ketones (excluding diaryl/α,β-unsaturated/α-hetero) is 1. The molecule has 0 spiro atoms. The van der Waals surface area contributed by atoms with Gasteiger partial charge in [0.15, 0.2) is 5.78 Å². The van der Waals surface area contributed by atoms with E-state index in [1.165, 1.54) is 5.57 Å². The first kappa shape index (κ1) is 15.4. The van der Waals surface area contributed by atoms with Gasteiger partial charge in [-0.25, -0.2) is 0 Å². The Bertz CT molecular complexity index is 657. The highest BCUT2D eigenvalue weighted by Gasteiger charge is 2.64. The maximum Gasteiger partial charge on any atom is 0.156 e. The summed E-state index contributed by atoms with van der Waals surface area (Å²) in [5.74, 6) is 1.80. The van der Waals surface area contributed by atoms with E-state index in [4.69, 9.17) is 0 Å². The molecule has 0 heterocycles. The third kappa shape index (κ3) is 1.76. The van der Waals surface area contributed by atoms with E-state index in [-0.39, 0.29) is 22.0 Å². The van der Waals surface area contributed by atoms with Crippen LogP contribution in [0.1, 0.15) is 65.7 Å². The molecule has 0 bridgehead atoms. The Morgan fingerprint density at radius 2 is 1.70 bits per heavy atom. The van der Waals surface area contributed by atoms with Crippen LogP contribution in [0.15, 0.2) is 23.8 Å². The van der Waals surface area contributed by atoms with Crippen LogP contribution in [-0.4, -0.2) is 11.6 Å². The van der Waals surface area contributed by atoms with Crippen molar-refractivity contribution in [3.63, 3.8) is 0 Å². The normalized spacial score (nSPS) is 49.3. The van der Waals surface area contributed by atoms with Crippen molar-refractivity contribution in [3.8, 4) is 0 Å². The molecule has 4 aliphatic rings. The lowest BCUT2D eigenvalue weighted by molar-refractivity contribution is -0.140. The highest BCUT2D eigenvalue weighted by molar-refractivity contribution is 5.92. The Labute approximate surface area is 139 Å². The van der Waals surface area contributed by atoms with Gasteiger partial charge in [-0.2, -0.15) is 0 Å². The van der Waals surface area contributed by atoms with Crippen molar-refractivity contribution in [2.24, 2.45) is 28.1 Å². The van der Waals surface area contributed by atoms with Gasteiger partial charge < -0.3 is 0 Å². The highest BCUT2D eigenvalue weighted by Crippen LogP contribution is 2.70. The molecule has 0 N–H and O–H groups in total. The number of rotatable bonds is 0. The summed E-state index contributed by atoms with van der Waals surface area (Å²) in [6.45, 7) is 11.4. The zero-order valence-corrected chi connectivity index (χ0v) is 14.7. The Hall–Kier alpha value is -1.18. The van der Waals surface area contributed by atoms with Gasteiger partial charge in [0.1, 0.15) is 5.78 Å². The third-order valence-corrected chi connectivity index (χ3v) is 8.17. The molecule has 3 fully saturated rings. The van der Waals surface area contributed by atoms with Gasteiger partial charge in [0.05, 0.1) is 0 Å². The van der Waals surface area contributed by atoms with Gasteiger partial charge in [-0.15, -0.1) is 0 Å². The average molecular weight is 312 g/mol. The van der Waals surface area contributed by atoms with Crippen LogP contribution >= 0.6 is 0 Å². The molecule has 0 unspecified atom stereocenters. The topological polar surface area (TPSA) is 34.1 Å². The van der Waals surface area contributed by atoms with Crippen molar-refractivity contribution in [1.29, 1.82) is 0 Å². The zero-order chi connectivity index (χ0) is 16.6. The smallest absolute Gasteiger partial charge is 0.156 e. The van der Waals surface area contributed by atoms with Crippen LogP contribution in [0.5, 0.6) is 0 Å². The summed E-state index contributed by atoms with van der Waals surface area (Å²) in [4.78, 5) is 24.5. The monoisotopic (exact) mass is 312 g/mol. The molecule has 2 heteroatoms. The van der Waals surface area contributed by atoms with Crippen LogP contribution in [0, 0.1) is 28.1 Å². The fourth-order valence-corrected chi connectivity index (χ4v) is 7.09. The molecule has 0 radical (unpaired) electrons. The third-order valence-electron chi connectivity index (χ3n) is 8.17. The van der Waals surface area contributed by atoms with Crippen LogP contribution in [0.2, 0.25) is 0 Å². The molecule has 0 aliphatic heterocycles. The molecule has 5 atom stereocenters. The van der Waals surface area contributed by atoms with E-state index in [9.17, 15) is 9.59 Å². The quantitative estimate of drug-likeness (QED) is 0.653. The average Bonchev–Trinajstić information content (AvgIpc) is 2.78. The van der Waals surface area contributed by atoms with Crippen LogP contribution in [0.3, 0.4) is 0 Å². The molecule has 23 heavy (non-hydrogen) atoms. The maximum absolute atomic E-state index is 12.6. The zero-order valence-electron chi connectivity index (χ0n) is 14.7. The summed E-state index contributed by atoms with van der Waals surface area (Å²) >= 11 is 0. The van der Waals surface area contributed by atoms with E-state index in [1.54, 1.807) is 0 Å². The minimum Gasteiger partial charge on any atom is -0.299 e. The minimum absolute atomic E-state index is 0.0744. The van der Waals surface area contributed by atoms with E-state index < -0.39 is 0 Å². The lowest BCUT2D eigenvalue weighted by Gasteiger charge is -2.63. The predicted molar refractivity (Wildman–Crippen MR) is 90.9 cm³/mol. The molecule has 4 rings (SSSR count). The second kappa shape index (κ2) is 4.46. The van der Waals surface area contributed by atoms with E-state index in [1.807, 2.05) is 6.08 Å². The summed E-state index contributed by atoms with van der Waals surface area (Å²) in [5.41, 5.74) is 2.49. The largest absolute Gasteiger partial charge is 0.299 e. The molecular weight excluding hydrogens is 284 g/mol. The lowest BCUT2D eigenvalue weighted by atomic mass is 9.41. The van der Waals surface area contributed by atoms with Gasteiger partial charge in [-0.1, -0.05) is 32.9 Å². The van der Waals surface area contributed by atoms with Crippen molar-refractivity contribution in [2.45, 2.75) is 65.7 Å². The SMILES string of the molecule is C=C1C[C@]2(C)[C@H](CC[C@]3(C)C(=O)CC[C@@H]23)[C@@]2(C)CCC(=O)C=C12. The molecule has 3 saturated carbocycles. The highest BCUT2D eigenvalue weighted by atomic mass is 16.1. The second-order valence-corrected chi connectivity index (χ2v) is 9.25. The maximum atomic E-state index is 12.6. The molecule has 0 aromatic rings. The van der Waals surface area contributed by atoms with Gasteiger partial charge in [-0.05, 0) is 66.4 Å². The molecule has 4 aliphatic carbocycles. The Kier molecular flexibility index (Phi) is 2.98. The first-order chi connectivity index (χ1) is 10.7. The van der Waals surface area contributed by atoms with Gasteiger partial charge in [0.2, 0.25) is 0 Å². The van der Waals surface area contributed by atoms with E-state index in [2.05, 4.69) is 27.4 Å². The van der Waals surface area contributed by atoms with E-state index >= 15 is 0 Å². The van der Waals surface area contributed by atoms with Gasteiger partial charge in [0, 0.05) is 18.3 Å². The molecule has 2 nitrogen and oxygen atoms in total. The second-order valence-electron chi connectivity index (χ2n) is 9.25. The van der Waals surface area contributed by atoms with Crippen molar-refractivity contribution in [2.75, 3.05) is 0 Å². The summed E-state index contributed by atoms with van der Waals surface area (Å²) < 4.78 is 0. The number of hydrogen-bond donors (Lipinski definition) is 0. The predicted octanol–water partition coefficient (Wildman–Crippen LogP) is 4.64. The number of ketones is 2. The van der Waals surface area contributed by atoms with Gasteiger partial charge in [-0.3, -0.25) is 9.59 Å². The standard InChI is InChI=1S/C21H28O2/c1-13-12-21(4)16-5-6-18(23)20(16,3)10-8-17(21)19(2)9-7-14(22)11-15(13)19/h11,16-17H,1,5-10,12H2,2-4H3/t16-,17-,19+,20+,21+/m1/s1. The fourth-order valence-electron chi connectivity index (χ4n) is 7.09. The molecule has 0 aromatic heterocycles. The Balaban J connectivity index is 1.83. The number of hydrogen-bond acceptors (Lipinski definition) is 2. The van der Waals surface area contributed by atoms with Crippen molar-refractivity contribution in [3.05, 3.63) is 23.8 Å². The Morgan fingerprint density at radius 3 is 2.43 bits per heavy atom. The number of allylic oxidation sites excluding steroid dienone is 2. The first-order valence-electron chi connectivity index (χ1n) is 9.18. The number of carbonyl (C=O) groups is 2. The van der Waals surface area contributed by atoms with Crippen LogP contribution in [-0.2, 0) is 9.59 Å². The minimum atomic E-state index is -0.117. The number of fused-ring (bicyclic) bond motifs is 5.